The fourth-order valence-corrected chi connectivity index (χ4v) is 3.85. The van der Waals surface area contributed by atoms with E-state index in [0.717, 1.165) is 0 Å². The fourth-order valence-electron chi connectivity index (χ4n) is 3.85. The monoisotopic (exact) mass is 308 g/mol. The van der Waals surface area contributed by atoms with Crippen LogP contribution in [0.15, 0.2) is 54.6 Å². The predicted octanol–water partition coefficient (Wildman–Crippen LogP) is 3.80. The van der Waals surface area contributed by atoms with E-state index in [-0.39, 0.29) is 0 Å². The summed E-state index contributed by atoms with van der Waals surface area (Å²) in [6.07, 6.45) is 0. The molecule has 0 radical (unpaired) electrons. The molecular weight excluding hydrogens is 291 g/mol. The Kier molecular flexibility index (Phi) is 2.75. The highest BCUT2D eigenvalue weighted by molar-refractivity contribution is 5.90. The summed E-state index contributed by atoms with van der Waals surface area (Å²) in [5.41, 5.74) is -0.433. The van der Waals surface area contributed by atoms with Gasteiger partial charge in [-0.25, -0.2) is 4.39 Å². The van der Waals surface area contributed by atoms with Gasteiger partial charge in [-0.1, -0.05) is 48.5 Å². The van der Waals surface area contributed by atoms with Gasteiger partial charge in [0.1, 0.15) is 17.0 Å². The van der Waals surface area contributed by atoms with Crippen molar-refractivity contribution in [1.82, 2.24) is 0 Å². The van der Waals surface area contributed by atoms with Crippen molar-refractivity contribution in [3.8, 4) is 0 Å². The van der Waals surface area contributed by atoms with Gasteiger partial charge in [-0.2, -0.15) is 0 Å². The minimum atomic E-state index is -1.36. The van der Waals surface area contributed by atoms with E-state index in [1.165, 1.54) is 6.07 Å². The summed E-state index contributed by atoms with van der Waals surface area (Å²) >= 11 is 0. The summed E-state index contributed by atoms with van der Waals surface area (Å²) in [6.45, 7) is 3.35. The summed E-state index contributed by atoms with van der Waals surface area (Å²) in [4.78, 5) is 0. The fraction of sp³-hybridized carbons (Fsp3) is 0.200. The molecule has 1 aliphatic rings. The van der Waals surface area contributed by atoms with Crippen molar-refractivity contribution < 1.29 is 14.6 Å². The molecule has 0 aromatic heterocycles. The average molecular weight is 308 g/mol. The van der Waals surface area contributed by atoms with Crippen molar-refractivity contribution >= 4 is 10.8 Å². The Labute approximate surface area is 133 Å². The largest absolute Gasteiger partial charge is 0.381 e. The smallest absolute Gasteiger partial charge is 0.131 e. The molecule has 0 heterocycles. The van der Waals surface area contributed by atoms with Gasteiger partial charge in [0.2, 0.25) is 0 Å². The zero-order valence-corrected chi connectivity index (χ0v) is 13.0. The van der Waals surface area contributed by atoms with Crippen molar-refractivity contribution in [2.75, 3.05) is 0 Å². The predicted molar refractivity (Wildman–Crippen MR) is 87.7 cm³/mol. The first-order valence-electron chi connectivity index (χ1n) is 7.62. The molecule has 116 valence electrons. The number of rotatable bonds is 0. The molecule has 0 saturated carbocycles. The highest BCUT2D eigenvalue weighted by Crippen LogP contribution is 2.50. The minimum Gasteiger partial charge on any atom is -0.381 e. The van der Waals surface area contributed by atoms with E-state index < -0.39 is 17.0 Å². The van der Waals surface area contributed by atoms with Crippen LogP contribution in [-0.4, -0.2) is 10.2 Å². The van der Waals surface area contributed by atoms with Crippen molar-refractivity contribution in [2.24, 2.45) is 0 Å². The number of benzene rings is 3. The lowest BCUT2D eigenvalue weighted by atomic mass is 9.67. The highest BCUT2D eigenvalue weighted by Gasteiger charge is 2.45. The van der Waals surface area contributed by atoms with E-state index in [0.29, 0.717) is 33.0 Å². The first kappa shape index (κ1) is 14.4. The Morgan fingerprint density at radius 1 is 0.739 bits per heavy atom. The molecule has 3 heteroatoms. The Morgan fingerprint density at radius 3 is 1.91 bits per heavy atom. The van der Waals surface area contributed by atoms with E-state index >= 15 is 0 Å². The molecule has 0 spiro atoms. The maximum absolute atomic E-state index is 14.6. The van der Waals surface area contributed by atoms with Gasteiger partial charge in [0.25, 0.3) is 0 Å². The molecule has 3 aromatic rings. The summed E-state index contributed by atoms with van der Waals surface area (Å²) in [5.74, 6) is -0.394. The van der Waals surface area contributed by atoms with Gasteiger partial charge in [0.15, 0.2) is 0 Å². The third kappa shape index (κ3) is 1.75. The van der Waals surface area contributed by atoms with E-state index in [2.05, 4.69) is 0 Å². The number of hydrogen-bond acceptors (Lipinski definition) is 2. The van der Waals surface area contributed by atoms with Gasteiger partial charge in [0.05, 0.1) is 0 Å². The first-order valence-corrected chi connectivity index (χ1v) is 7.62. The third-order valence-electron chi connectivity index (χ3n) is 4.98. The Morgan fingerprint density at radius 2 is 1.26 bits per heavy atom. The second-order valence-corrected chi connectivity index (χ2v) is 6.52. The van der Waals surface area contributed by atoms with Gasteiger partial charge in [-0.05, 0) is 42.0 Å². The summed E-state index contributed by atoms with van der Waals surface area (Å²) < 4.78 is 14.6. The van der Waals surface area contributed by atoms with Crippen LogP contribution in [0.4, 0.5) is 4.39 Å². The van der Waals surface area contributed by atoms with Gasteiger partial charge in [-0.3, -0.25) is 0 Å². The number of fused-ring (bicyclic) bond motifs is 4. The van der Waals surface area contributed by atoms with Crippen molar-refractivity contribution in [3.63, 3.8) is 0 Å². The molecule has 0 fully saturated rings. The number of aliphatic hydroxyl groups is 2. The first-order chi connectivity index (χ1) is 10.8. The Bertz CT molecular complexity index is 942. The van der Waals surface area contributed by atoms with Gasteiger partial charge in [0, 0.05) is 10.9 Å². The van der Waals surface area contributed by atoms with E-state index in [1.54, 1.807) is 38.1 Å². The van der Waals surface area contributed by atoms with Crippen LogP contribution in [-0.2, 0) is 11.2 Å². The van der Waals surface area contributed by atoms with Gasteiger partial charge >= 0.3 is 0 Å². The Balaban J connectivity index is 2.22. The van der Waals surface area contributed by atoms with Crippen LogP contribution in [0.1, 0.15) is 36.1 Å². The molecule has 0 amide bonds. The molecule has 2 N–H and O–H groups in total. The molecule has 0 aliphatic heterocycles. The molecule has 1 aliphatic carbocycles. The number of halogens is 1. The van der Waals surface area contributed by atoms with Crippen LogP contribution >= 0.6 is 0 Å². The molecule has 2 atom stereocenters. The van der Waals surface area contributed by atoms with Gasteiger partial charge in [-0.15, -0.1) is 0 Å². The van der Waals surface area contributed by atoms with Crippen LogP contribution in [0.2, 0.25) is 0 Å². The lowest BCUT2D eigenvalue weighted by Crippen LogP contribution is -2.40. The molecule has 0 unspecified atom stereocenters. The van der Waals surface area contributed by atoms with Crippen LogP contribution in [0, 0.1) is 5.82 Å². The zero-order valence-electron chi connectivity index (χ0n) is 13.0. The Hall–Kier alpha value is -2.23. The SMILES string of the molecule is C[C@@]1(O)c2ccccc2[C@@](C)(O)c2c1cc(F)c1ccccc21. The molecule has 0 bridgehead atoms. The van der Waals surface area contributed by atoms with Crippen LogP contribution in [0.25, 0.3) is 10.8 Å². The minimum absolute atomic E-state index is 0.394. The maximum Gasteiger partial charge on any atom is 0.131 e. The lowest BCUT2D eigenvalue weighted by molar-refractivity contribution is 0.0519. The van der Waals surface area contributed by atoms with E-state index in [4.69, 9.17) is 0 Å². The summed E-state index contributed by atoms with van der Waals surface area (Å²) in [6, 6.07) is 15.6. The topological polar surface area (TPSA) is 40.5 Å². The molecule has 0 saturated heterocycles. The normalized spacial score (nSPS) is 26.0. The molecule has 4 rings (SSSR count). The lowest BCUT2D eigenvalue weighted by Gasteiger charge is -2.42. The molecule has 2 nitrogen and oxygen atoms in total. The van der Waals surface area contributed by atoms with Crippen molar-refractivity contribution in [2.45, 2.75) is 25.0 Å². The number of hydrogen-bond donors (Lipinski definition) is 2. The van der Waals surface area contributed by atoms with Crippen LogP contribution in [0.5, 0.6) is 0 Å². The van der Waals surface area contributed by atoms with Crippen molar-refractivity contribution in [3.05, 3.63) is 82.7 Å². The van der Waals surface area contributed by atoms with Crippen molar-refractivity contribution in [1.29, 1.82) is 0 Å². The second kappa shape index (κ2) is 4.40. The maximum atomic E-state index is 14.6. The summed E-state index contributed by atoms with van der Waals surface area (Å²) in [5, 5.41) is 23.5. The zero-order chi connectivity index (χ0) is 16.4. The standard InChI is InChI=1S/C20H17FO2/c1-19(22)14-9-5-6-10-15(14)20(2,23)18-13-8-4-3-7-12(13)17(21)11-16(18)19/h3-11,22-23H,1-2H3/t19-,20-/m1/s1. The van der Waals surface area contributed by atoms with E-state index in [9.17, 15) is 14.6 Å². The second-order valence-electron chi connectivity index (χ2n) is 6.52. The highest BCUT2D eigenvalue weighted by atomic mass is 19.1. The quantitative estimate of drug-likeness (QED) is 0.663. The van der Waals surface area contributed by atoms with Crippen LogP contribution < -0.4 is 0 Å². The molecule has 23 heavy (non-hydrogen) atoms. The van der Waals surface area contributed by atoms with E-state index in [1.807, 2.05) is 24.3 Å². The van der Waals surface area contributed by atoms with Crippen LogP contribution in [0.3, 0.4) is 0 Å². The summed E-state index contributed by atoms with van der Waals surface area (Å²) in [7, 11) is 0. The molecular formula is C20H17FO2. The average Bonchev–Trinajstić information content (AvgIpc) is 2.53. The molecule has 3 aromatic carbocycles. The third-order valence-corrected chi connectivity index (χ3v) is 4.98. The van der Waals surface area contributed by atoms with Gasteiger partial charge < -0.3 is 10.2 Å².